The number of hydrogen-bond acceptors (Lipinski definition) is 5. The van der Waals surface area contributed by atoms with E-state index in [-0.39, 0.29) is 5.69 Å². The second-order valence-electron chi connectivity index (χ2n) is 5.49. The molecule has 0 bridgehead atoms. The number of hydrogen-bond donors (Lipinski definition) is 1. The Hall–Kier alpha value is -1.85. The molecule has 2 rings (SSSR count). The van der Waals surface area contributed by atoms with Crippen LogP contribution in [0.25, 0.3) is 0 Å². The maximum Gasteiger partial charge on any atom is 0.311 e. The minimum Gasteiger partial charge on any atom is -0.384 e. The highest BCUT2D eigenvalue weighted by Crippen LogP contribution is 2.35. The first-order valence-corrected chi connectivity index (χ1v) is 6.05. The van der Waals surface area contributed by atoms with Crippen molar-refractivity contribution in [3.63, 3.8) is 0 Å². The number of pyridine rings is 1. The van der Waals surface area contributed by atoms with Crippen molar-refractivity contribution in [3.8, 4) is 0 Å². The van der Waals surface area contributed by atoms with Crippen molar-refractivity contribution in [2.24, 2.45) is 5.41 Å². The minimum absolute atomic E-state index is 0.0314. The van der Waals surface area contributed by atoms with Crippen molar-refractivity contribution < 1.29 is 4.92 Å². The first kappa shape index (κ1) is 12.6. The molecule has 1 aromatic heterocycles. The molecule has 0 atom stereocenters. The highest BCUT2D eigenvalue weighted by Gasteiger charge is 2.29. The molecule has 1 aromatic rings. The van der Waals surface area contributed by atoms with Crippen molar-refractivity contribution in [3.05, 3.63) is 22.2 Å². The highest BCUT2D eigenvalue weighted by molar-refractivity contribution is 5.61. The minimum atomic E-state index is -0.401. The summed E-state index contributed by atoms with van der Waals surface area (Å²) in [7, 11) is 0. The molecule has 1 fully saturated rings. The van der Waals surface area contributed by atoms with E-state index in [1.54, 1.807) is 0 Å². The Morgan fingerprint density at radius 3 is 2.56 bits per heavy atom. The summed E-state index contributed by atoms with van der Waals surface area (Å²) in [4.78, 5) is 16.7. The number of anilines is 2. The number of piperidine rings is 1. The van der Waals surface area contributed by atoms with Crippen LogP contribution < -0.4 is 10.6 Å². The maximum absolute atomic E-state index is 11.0. The van der Waals surface area contributed by atoms with Crippen molar-refractivity contribution in [2.75, 3.05) is 23.7 Å². The molecular formula is C12H18N4O2. The number of nitrogens with two attached hydrogens (primary N) is 1. The summed E-state index contributed by atoms with van der Waals surface area (Å²) in [5, 5.41) is 11.0. The molecule has 6 heteroatoms. The first-order valence-electron chi connectivity index (χ1n) is 6.05. The highest BCUT2D eigenvalue weighted by atomic mass is 16.6. The predicted octanol–water partition coefficient (Wildman–Crippen LogP) is 2.20. The largest absolute Gasteiger partial charge is 0.384 e. The van der Waals surface area contributed by atoms with Gasteiger partial charge < -0.3 is 10.6 Å². The number of nitro groups is 1. The average Bonchev–Trinajstić information content (AvgIpc) is 2.28. The van der Waals surface area contributed by atoms with Gasteiger partial charge in [0.15, 0.2) is 0 Å². The van der Waals surface area contributed by atoms with Gasteiger partial charge in [-0.15, -0.1) is 0 Å². The van der Waals surface area contributed by atoms with Gasteiger partial charge in [-0.2, -0.15) is 0 Å². The van der Waals surface area contributed by atoms with E-state index in [1.165, 1.54) is 12.1 Å². The van der Waals surface area contributed by atoms with E-state index in [2.05, 4.69) is 18.8 Å². The van der Waals surface area contributed by atoms with E-state index >= 15 is 0 Å². The van der Waals surface area contributed by atoms with E-state index < -0.39 is 4.92 Å². The van der Waals surface area contributed by atoms with Crippen molar-refractivity contribution in [1.82, 2.24) is 4.98 Å². The van der Waals surface area contributed by atoms with E-state index in [0.717, 1.165) is 25.9 Å². The Kier molecular flexibility index (Phi) is 3.11. The van der Waals surface area contributed by atoms with E-state index in [9.17, 15) is 10.1 Å². The molecule has 0 aliphatic carbocycles. The molecule has 6 nitrogen and oxygen atoms in total. The zero-order valence-electron chi connectivity index (χ0n) is 10.7. The van der Waals surface area contributed by atoms with Gasteiger partial charge in [0.1, 0.15) is 5.82 Å². The van der Waals surface area contributed by atoms with Crippen LogP contribution in [0.1, 0.15) is 26.7 Å². The molecule has 1 aliphatic heterocycles. The number of rotatable bonds is 2. The van der Waals surface area contributed by atoms with Crippen molar-refractivity contribution in [2.45, 2.75) is 26.7 Å². The average molecular weight is 250 g/mol. The number of nitrogen functional groups attached to an aromatic ring is 1. The fraction of sp³-hybridized carbons (Fsp3) is 0.583. The van der Waals surface area contributed by atoms with Crippen LogP contribution >= 0.6 is 0 Å². The number of aromatic nitrogens is 1. The molecule has 0 unspecified atom stereocenters. The zero-order chi connectivity index (χ0) is 13.3. The SMILES string of the molecule is CC1(C)CCN(c2nc(N)ccc2[N+](=O)[O-])CC1. The third-order valence-corrected chi connectivity index (χ3v) is 3.49. The maximum atomic E-state index is 11.0. The smallest absolute Gasteiger partial charge is 0.311 e. The van der Waals surface area contributed by atoms with Gasteiger partial charge in [-0.05, 0) is 24.3 Å². The van der Waals surface area contributed by atoms with Gasteiger partial charge in [0.2, 0.25) is 5.82 Å². The van der Waals surface area contributed by atoms with Crippen LogP contribution in [0.3, 0.4) is 0 Å². The summed E-state index contributed by atoms with van der Waals surface area (Å²) in [6, 6.07) is 2.90. The third-order valence-electron chi connectivity index (χ3n) is 3.49. The predicted molar refractivity (Wildman–Crippen MR) is 70.5 cm³/mol. The molecule has 2 N–H and O–H groups in total. The van der Waals surface area contributed by atoms with Gasteiger partial charge in [0, 0.05) is 19.2 Å². The van der Waals surface area contributed by atoms with Gasteiger partial charge in [0.25, 0.3) is 0 Å². The van der Waals surface area contributed by atoms with Crippen molar-refractivity contribution in [1.29, 1.82) is 0 Å². The van der Waals surface area contributed by atoms with Crippen LogP contribution in [0, 0.1) is 15.5 Å². The third kappa shape index (κ3) is 2.52. The second kappa shape index (κ2) is 4.44. The normalized spacial score (nSPS) is 18.7. The molecule has 98 valence electrons. The number of nitrogens with zero attached hydrogens (tertiary/aromatic N) is 3. The van der Waals surface area contributed by atoms with Gasteiger partial charge in [-0.25, -0.2) is 4.98 Å². The Labute approximate surface area is 106 Å². The molecule has 0 spiro atoms. The quantitative estimate of drug-likeness (QED) is 0.642. The Morgan fingerprint density at radius 1 is 1.39 bits per heavy atom. The van der Waals surface area contributed by atoms with Crippen LogP contribution in [0.15, 0.2) is 12.1 Å². The lowest BCUT2D eigenvalue weighted by atomic mass is 9.83. The molecule has 0 amide bonds. The summed E-state index contributed by atoms with van der Waals surface area (Å²) >= 11 is 0. The van der Waals surface area contributed by atoms with Crippen LogP contribution in [0.4, 0.5) is 17.3 Å². The summed E-state index contributed by atoms with van der Waals surface area (Å²) in [5.74, 6) is 0.718. The van der Waals surface area contributed by atoms with Gasteiger partial charge >= 0.3 is 5.69 Å². The summed E-state index contributed by atoms with van der Waals surface area (Å²) in [5.41, 5.74) is 5.96. The Bertz CT molecular complexity index is 463. The molecule has 0 radical (unpaired) electrons. The lowest BCUT2D eigenvalue weighted by Gasteiger charge is -2.37. The molecule has 18 heavy (non-hydrogen) atoms. The second-order valence-corrected chi connectivity index (χ2v) is 5.49. The Balaban J connectivity index is 2.28. The lowest BCUT2D eigenvalue weighted by Crippen LogP contribution is -2.38. The Morgan fingerprint density at radius 2 is 2.00 bits per heavy atom. The summed E-state index contributed by atoms with van der Waals surface area (Å²) in [6.45, 7) is 5.99. The van der Waals surface area contributed by atoms with Gasteiger partial charge in [-0.3, -0.25) is 10.1 Å². The fourth-order valence-electron chi connectivity index (χ4n) is 2.15. The molecule has 1 saturated heterocycles. The van der Waals surface area contributed by atoms with Crippen molar-refractivity contribution >= 4 is 17.3 Å². The monoisotopic (exact) mass is 250 g/mol. The van der Waals surface area contributed by atoms with E-state index in [4.69, 9.17) is 5.73 Å². The first-order chi connectivity index (χ1) is 8.39. The fourth-order valence-corrected chi connectivity index (χ4v) is 2.15. The standard InChI is InChI=1S/C12H18N4O2/c1-12(2)5-7-15(8-6-12)11-9(16(17)18)3-4-10(13)14-11/h3-4H,5-8H2,1-2H3,(H2,13,14). The van der Waals surface area contributed by atoms with Gasteiger partial charge in [0.05, 0.1) is 4.92 Å². The van der Waals surface area contributed by atoms with E-state index in [0.29, 0.717) is 17.1 Å². The molecule has 0 aromatic carbocycles. The zero-order valence-corrected chi connectivity index (χ0v) is 10.7. The van der Waals surface area contributed by atoms with Crippen LogP contribution in [0.5, 0.6) is 0 Å². The molecule has 2 heterocycles. The summed E-state index contributed by atoms with van der Waals surface area (Å²) in [6.07, 6.45) is 2.00. The topological polar surface area (TPSA) is 85.3 Å². The molecule has 0 saturated carbocycles. The van der Waals surface area contributed by atoms with Crippen LogP contribution in [-0.2, 0) is 0 Å². The van der Waals surface area contributed by atoms with Crippen LogP contribution in [0.2, 0.25) is 0 Å². The molecule has 1 aliphatic rings. The molecular weight excluding hydrogens is 232 g/mol. The van der Waals surface area contributed by atoms with E-state index in [1.807, 2.05) is 4.90 Å². The summed E-state index contributed by atoms with van der Waals surface area (Å²) < 4.78 is 0. The van der Waals surface area contributed by atoms with Crippen LogP contribution in [-0.4, -0.2) is 23.0 Å². The van der Waals surface area contributed by atoms with Gasteiger partial charge in [-0.1, -0.05) is 13.8 Å². The lowest BCUT2D eigenvalue weighted by molar-refractivity contribution is -0.384.